The Bertz CT molecular complexity index is 297. The van der Waals surface area contributed by atoms with Crippen LogP contribution in [0.1, 0.15) is 78.1 Å². The van der Waals surface area contributed by atoms with Gasteiger partial charge in [-0.25, -0.2) is 0 Å². The van der Waals surface area contributed by atoms with Crippen molar-refractivity contribution in [2.45, 2.75) is 78.1 Å². The molecular weight excluding hydrogens is 244 g/mol. The first kappa shape index (κ1) is 18.9. The van der Waals surface area contributed by atoms with Crippen LogP contribution in [0.2, 0.25) is 0 Å². The van der Waals surface area contributed by atoms with Crippen LogP contribution in [0, 0.1) is 0 Å². The Morgan fingerprint density at radius 3 is 1.85 bits per heavy atom. The van der Waals surface area contributed by atoms with Crippen LogP contribution in [0.25, 0.3) is 0 Å². The molecule has 0 rings (SSSR count). The van der Waals surface area contributed by atoms with Crippen LogP contribution in [0.5, 0.6) is 0 Å². The number of allylic oxidation sites excluding steroid dienone is 6. The summed E-state index contributed by atoms with van der Waals surface area (Å²) in [5, 5.41) is 0. The summed E-state index contributed by atoms with van der Waals surface area (Å²) >= 11 is 0. The maximum atomic E-state index is 11.2. The summed E-state index contributed by atoms with van der Waals surface area (Å²) in [5.74, 6) is 0.0958. The largest absolute Gasteiger partial charge is 0.290 e. The quantitative estimate of drug-likeness (QED) is 0.223. The zero-order chi connectivity index (χ0) is 14.9. The van der Waals surface area contributed by atoms with Gasteiger partial charge >= 0.3 is 0 Å². The van der Waals surface area contributed by atoms with E-state index in [1.165, 1.54) is 57.8 Å². The van der Waals surface area contributed by atoms with Gasteiger partial charge in [-0.1, -0.05) is 56.9 Å². The van der Waals surface area contributed by atoms with E-state index in [0.29, 0.717) is 0 Å². The molecule has 0 aromatic heterocycles. The van der Waals surface area contributed by atoms with Gasteiger partial charge in [-0.3, -0.25) is 4.79 Å². The van der Waals surface area contributed by atoms with E-state index in [4.69, 9.17) is 0 Å². The van der Waals surface area contributed by atoms with Crippen LogP contribution in [-0.4, -0.2) is 5.78 Å². The van der Waals surface area contributed by atoms with E-state index in [2.05, 4.69) is 19.1 Å². The summed E-state index contributed by atoms with van der Waals surface area (Å²) in [5.41, 5.74) is 0. The second-order valence-electron chi connectivity index (χ2n) is 5.26. The van der Waals surface area contributed by atoms with Crippen LogP contribution < -0.4 is 0 Å². The summed E-state index contributed by atoms with van der Waals surface area (Å²) in [4.78, 5) is 11.2. The van der Waals surface area contributed by atoms with Gasteiger partial charge in [0, 0.05) is 0 Å². The van der Waals surface area contributed by atoms with E-state index >= 15 is 0 Å². The number of unbranched alkanes of at least 4 members (excludes halogenated alkanes) is 8. The van der Waals surface area contributed by atoms with Crippen LogP contribution in [-0.2, 0) is 4.79 Å². The summed E-state index contributed by atoms with van der Waals surface area (Å²) < 4.78 is 0. The van der Waals surface area contributed by atoms with E-state index in [9.17, 15) is 4.79 Å². The van der Waals surface area contributed by atoms with E-state index in [0.717, 1.165) is 6.42 Å². The molecule has 0 saturated heterocycles. The van der Waals surface area contributed by atoms with E-state index in [1.807, 2.05) is 13.0 Å². The van der Waals surface area contributed by atoms with Gasteiger partial charge in [0.15, 0.2) is 5.78 Å². The zero-order valence-corrected chi connectivity index (χ0v) is 13.4. The third-order valence-electron chi connectivity index (χ3n) is 3.25. The molecule has 0 atom stereocenters. The monoisotopic (exact) mass is 276 g/mol. The summed E-state index contributed by atoms with van der Waals surface area (Å²) in [6, 6.07) is 0. The van der Waals surface area contributed by atoms with Crippen molar-refractivity contribution in [3.8, 4) is 0 Å². The average Bonchev–Trinajstić information content (AvgIpc) is 2.44. The number of hydrogen-bond acceptors (Lipinski definition) is 1. The number of hydrogen-bond donors (Lipinski definition) is 0. The minimum Gasteiger partial charge on any atom is -0.290 e. The first-order valence-electron chi connectivity index (χ1n) is 8.29. The molecule has 0 radical (unpaired) electrons. The van der Waals surface area contributed by atoms with E-state index in [1.54, 1.807) is 18.2 Å². The third-order valence-corrected chi connectivity index (χ3v) is 3.25. The Balaban J connectivity index is 3.28. The second kappa shape index (κ2) is 15.9. The Hall–Kier alpha value is -1.11. The molecule has 0 aliphatic heterocycles. The van der Waals surface area contributed by atoms with Gasteiger partial charge in [-0.2, -0.15) is 0 Å². The van der Waals surface area contributed by atoms with Gasteiger partial charge in [0.2, 0.25) is 0 Å². The fraction of sp³-hybridized carbons (Fsp3) is 0.632. The molecule has 0 heterocycles. The summed E-state index contributed by atoms with van der Waals surface area (Å²) in [6.07, 6.45) is 24.3. The molecule has 0 aromatic carbocycles. The highest BCUT2D eigenvalue weighted by atomic mass is 16.1. The molecule has 20 heavy (non-hydrogen) atoms. The summed E-state index contributed by atoms with van der Waals surface area (Å²) in [7, 11) is 0. The van der Waals surface area contributed by atoms with Crippen molar-refractivity contribution in [2.75, 3.05) is 0 Å². The second-order valence-corrected chi connectivity index (χ2v) is 5.26. The molecule has 0 unspecified atom stereocenters. The molecule has 0 N–H and O–H groups in total. The lowest BCUT2D eigenvalue weighted by molar-refractivity contribution is -0.110. The van der Waals surface area contributed by atoms with Crippen LogP contribution in [0.3, 0.4) is 0 Å². The fourth-order valence-electron chi connectivity index (χ4n) is 2.05. The number of carbonyl (C=O) groups is 1. The maximum Gasteiger partial charge on any atom is 0.177 e. The Morgan fingerprint density at radius 1 is 0.750 bits per heavy atom. The average molecular weight is 276 g/mol. The molecule has 114 valence electrons. The highest BCUT2D eigenvalue weighted by molar-refractivity contribution is 5.98. The first-order chi connectivity index (χ1) is 9.81. The minimum absolute atomic E-state index is 0.0958. The van der Waals surface area contributed by atoms with Gasteiger partial charge < -0.3 is 0 Å². The number of rotatable bonds is 13. The number of ketones is 1. The van der Waals surface area contributed by atoms with Crippen molar-refractivity contribution in [3.63, 3.8) is 0 Å². The highest BCUT2D eigenvalue weighted by Gasteiger charge is 1.89. The fourth-order valence-corrected chi connectivity index (χ4v) is 2.05. The van der Waals surface area contributed by atoms with Crippen LogP contribution in [0.4, 0.5) is 0 Å². The third kappa shape index (κ3) is 14.9. The van der Waals surface area contributed by atoms with Crippen molar-refractivity contribution in [3.05, 3.63) is 36.5 Å². The molecule has 0 amide bonds. The lowest BCUT2D eigenvalue weighted by Crippen LogP contribution is -1.83. The van der Waals surface area contributed by atoms with Gasteiger partial charge in [-0.15, -0.1) is 0 Å². The highest BCUT2D eigenvalue weighted by Crippen LogP contribution is 2.06. The van der Waals surface area contributed by atoms with Gasteiger partial charge in [-0.05, 0) is 57.6 Å². The van der Waals surface area contributed by atoms with Crippen molar-refractivity contribution < 1.29 is 4.79 Å². The maximum absolute atomic E-state index is 11.2. The van der Waals surface area contributed by atoms with Crippen molar-refractivity contribution >= 4 is 5.78 Å². The van der Waals surface area contributed by atoms with Crippen molar-refractivity contribution in [1.82, 2.24) is 0 Å². The Labute approximate surface area is 125 Å². The molecule has 0 spiro atoms. The lowest BCUT2D eigenvalue weighted by Gasteiger charge is -1.96. The predicted molar refractivity (Wildman–Crippen MR) is 89.9 cm³/mol. The predicted octanol–water partition coefficient (Wildman–Crippen LogP) is 6.16. The SMILES string of the molecule is CC=CC(=O)C=CCCCCCC=CCCCCCC. The smallest absolute Gasteiger partial charge is 0.177 e. The van der Waals surface area contributed by atoms with Gasteiger partial charge in [0.25, 0.3) is 0 Å². The van der Waals surface area contributed by atoms with Gasteiger partial charge in [0.1, 0.15) is 0 Å². The molecule has 0 aliphatic rings. The normalized spacial score (nSPS) is 12.1. The standard InChI is InChI=1S/C19H32O/c1-3-5-6-7-8-9-10-11-12-13-14-15-16-18-19(20)17-4-2/h4,9-10,16-18H,3,5-8,11-15H2,1-2H3. The van der Waals surface area contributed by atoms with E-state index in [-0.39, 0.29) is 5.78 Å². The van der Waals surface area contributed by atoms with Crippen molar-refractivity contribution in [2.24, 2.45) is 0 Å². The molecule has 0 aliphatic carbocycles. The molecule has 1 nitrogen and oxygen atoms in total. The molecular formula is C19H32O. The molecule has 1 heteroatoms. The number of carbonyl (C=O) groups excluding carboxylic acids is 1. The van der Waals surface area contributed by atoms with Crippen LogP contribution >= 0.6 is 0 Å². The van der Waals surface area contributed by atoms with Gasteiger partial charge in [0.05, 0.1) is 0 Å². The minimum atomic E-state index is 0.0958. The molecule has 0 saturated carbocycles. The van der Waals surface area contributed by atoms with Crippen LogP contribution in [0.15, 0.2) is 36.5 Å². The molecule has 0 aromatic rings. The topological polar surface area (TPSA) is 17.1 Å². The molecule has 0 fully saturated rings. The molecule has 0 bridgehead atoms. The lowest BCUT2D eigenvalue weighted by atomic mass is 10.1. The first-order valence-corrected chi connectivity index (χ1v) is 8.29. The van der Waals surface area contributed by atoms with E-state index < -0.39 is 0 Å². The Morgan fingerprint density at radius 2 is 1.30 bits per heavy atom. The Kier molecular flexibility index (Phi) is 15.1. The zero-order valence-electron chi connectivity index (χ0n) is 13.4. The summed E-state index contributed by atoms with van der Waals surface area (Å²) in [6.45, 7) is 4.12. The van der Waals surface area contributed by atoms with Crippen molar-refractivity contribution in [1.29, 1.82) is 0 Å².